The van der Waals surface area contributed by atoms with Crippen LogP contribution in [0.5, 0.6) is 0 Å². The maximum atomic E-state index is 13.5. The monoisotopic (exact) mass is 269 g/mol. The number of piperidine rings is 1. The maximum Gasteiger partial charge on any atom is 0.179 e. The van der Waals surface area contributed by atoms with Crippen molar-refractivity contribution in [2.24, 2.45) is 0 Å². The Morgan fingerprint density at radius 1 is 1.47 bits per heavy atom. The van der Waals surface area contributed by atoms with Crippen molar-refractivity contribution in [3.05, 3.63) is 35.4 Å². The van der Waals surface area contributed by atoms with Crippen molar-refractivity contribution in [3.8, 4) is 0 Å². The van der Waals surface area contributed by atoms with Gasteiger partial charge in [-0.15, -0.1) is 0 Å². The Labute approximate surface area is 110 Å². The molecule has 1 aliphatic heterocycles. The molecule has 1 saturated heterocycles. The lowest BCUT2D eigenvalue weighted by molar-refractivity contribution is -0.0133. The number of benzene rings is 1. The van der Waals surface area contributed by atoms with Crippen LogP contribution in [0.1, 0.15) is 30.1 Å². The maximum absolute atomic E-state index is 13.5. The van der Waals surface area contributed by atoms with E-state index < -0.39 is 23.0 Å². The summed E-state index contributed by atoms with van der Waals surface area (Å²) >= 11 is 0. The van der Waals surface area contributed by atoms with E-state index in [9.17, 15) is 18.7 Å². The van der Waals surface area contributed by atoms with Crippen molar-refractivity contribution in [2.45, 2.75) is 25.4 Å². The van der Waals surface area contributed by atoms with Crippen molar-refractivity contribution in [1.82, 2.24) is 4.90 Å². The van der Waals surface area contributed by atoms with E-state index in [4.69, 9.17) is 0 Å². The Hall–Kier alpha value is -1.33. The minimum Gasteiger partial charge on any atom is -0.389 e. The molecule has 1 aromatic rings. The van der Waals surface area contributed by atoms with Gasteiger partial charge in [0.25, 0.3) is 0 Å². The molecule has 0 bridgehead atoms. The molecule has 0 spiro atoms. The van der Waals surface area contributed by atoms with Gasteiger partial charge in [-0.25, -0.2) is 8.78 Å². The molecular weight excluding hydrogens is 252 g/mol. The van der Waals surface area contributed by atoms with Crippen molar-refractivity contribution in [1.29, 1.82) is 0 Å². The molecule has 1 atom stereocenters. The number of aliphatic hydroxyl groups is 1. The molecule has 0 aromatic heterocycles. The van der Waals surface area contributed by atoms with E-state index in [0.717, 1.165) is 18.6 Å². The van der Waals surface area contributed by atoms with Gasteiger partial charge in [-0.05, 0) is 38.4 Å². The molecule has 0 saturated carbocycles. The van der Waals surface area contributed by atoms with E-state index >= 15 is 0 Å². The number of β-amino-alcohol motifs (C(OH)–C–C–N with tert-alkyl or cyclic N) is 1. The third kappa shape index (κ3) is 3.58. The van der Waals surface area contributed by atoms with Gasteiger partial charge in [0.05, 0.1) is 17.7 Å². The summed E-state index contributed by atoms with van der Waals surface area (Å²) in [5.74, 6) is -1.93. The van der Waals surface area contributed by atoms with Crippen LogP contribution in [-0.2, 0) is 0 Å². The van der Waals surface area contributed by atoms with Gasteiger partial charge in [0.1, 0.15) is 11.6 Å². The summed E-state index contributed by atoms with van der Waals surface area (Å²) in [5, 5.41) is 9.94. The summed E-state index contributed by atoms with van der Waals surface area (Å²) in [4.78, 5) is 13.8. The lowest BCUT2D eigenvalue weighted by atomic mass is 9.95. The molecule has 2 rings (SSSR count). The second kappa shape index (κ2) is 5.35. The van der Waals surface area contributed by atoms with Crippen LogP contribution in [0.25, 0.3) is 0 Å². The van der Waals surface area contributed by atoms with Crippen LogP contribution in [-0.4, -0.2) is 41.0 Å². The van der Waals surface area contributed by atoms with Crippen LogP contribution in [0.3, 0.4) is 0 Å². The third-order valence-corrected chi connectivity index (χ3v) is 3.35. The summed E-state index contributed by atoms with van der Waals surface area (Å²) in [6.07, 6.45) is 1.49. The Morgan fingerprint density at radius 2 is 2.21 bits per heavy atom. The molecule has 1 heterocycles. The van der Waals surface area contributed by atoms with Gasteiger partial charge in [-0.2, -0.15) is 0 Å². The highest BCUT2D eigenvalue weighted by molar-refractivity contribution is 5.97. The lowest BCUT2D eigenvalue weighted by Crippen LogP contribution is -2.47. The number of Topliss-reactive ketones (excluding diaryl/α,β-unsaturated/α-hetero) is 1. The molecule has 3 nitrogen and oxygen atoms in total. The Bertz CT molecular complexity index is 488. The van der Waals surface area contributed by atoms with Crippen molar-refractivity contribution >= 4 is 5.78 Å². The minimum atomic E-state index is -0.839. The molecule has 0 aliphatic carbocycles. The average molecular weight is 269 g/mol. The fourth-order valence-corrected chi connectivity index (χ4v) is 2.46. The van der Waals surface area contributed by atoms with Gasteiger partial charge in [-0.1, -0.05) is 0 Å². The summed E-state index contributed by atoms with van der Waals surface area (Å²) in [6.45, 7) is 2.85. The van der Waals surface area contributed by atoms with Gasteiger partial charge < -0.3 is 5.11 Å². The quantitative estimate of drug-likeness (QED) is 0.853. The second-order valence-electron chi connectivity index (χ2n) is 5.36. The van der Waals surface area contributed by atoms with Gasteiger partial charge in [0, 0.05) is 12.6 Å². The number of hydrogen-bond donors (Lipinski definition) is 1. The first-order valence-electron chi connectivity index (χ1n) is 6.30. The topological polar surface area (TPSA) is 40.5 Å². The van der Waals surface area contributed by atoms with E-state index in [2.05, 4.69) is 0 Å². The zero-order valence-electron chi connectivity index (χ0n) is 10.8. The molecule has 1 fully saturated rings. The zero-order chi connectivity index (χ0) is 14.0. The fraction of sp³-hybridized carbons (Fsp3) is 0.500. The number of carbonyl (C=O) groups is 1. The Kier molecular flexibility index (Phi) is 3.96. The van der Waals surface area contributed by atoms with E-state index in [1.54, 1.807) is 11.8 Å². The molecule has 104 valence electrons. The number of hydrogen-bond acceptors (Lipinski definition) is 3. The van der Waals surface area contributed by atoms with E-state index in [1.165, 1.54) is 0 Å². The standard InChI is InChI=1S/C14H17F2NO2/c1-14(19)5-2-6-17(9-14)8-13(18)11-4-3-10(15)7-12(11)16/h3-4,7,19H,2,5-6,8-9H2,1H3. The number of carbonyl (C=O) groups excluding carboxylic acids is 1. The SMILES string of the molecule is CC1(O)CCCN(CC(=O)c2ccc(F)cc2F)C1. The molecule has 0 amide bonds. The third-order valence-electron chi connectivity index (χ3n) is 3.35. The molecular formula is C14H17F2NO2. The number of likely N-dealkylation sites (tertiary alicyclic amines) is 1. The molecule has 1 aliphatic rings. The second-order valence-corrected chi connectivity index (χ2v) is 5.36. The van der Waals surface area contributed by atoms with Crippen LogP contribution >= 0.6 is 0 Å². The summed E-state index contributed by atoms with van der Waals surface area (Å²) in [6, 6.07) is 2.94. The van der Waals surface area contributed by atoms with E-state index in [1.807, 2.05) is 0 Å². The number of ketones is 1. The normalized spacial score (nSPS) is 24.4. The summed E-state index contributed by atoms with van der Waals surface area (Å²) in [7, 11) is 0. The molecule has 19 heavy (non-hydrogen) atoms. The first-order chi connectivity index (χ1) is 8.87. The van der Waals surface area contributed by atoms with Crippen molar-refractivity contribution in [3.63, 3.8) is 0 Å². The van der Waals surface area contributed by atoms with Crippen LogP contribution < -0.4 is 0 Å². The van der Waals surface area contributed by atoms with Crippen molar-refractivity contribution < 1.29 is 18.7 Å². The van der Waals surface area contributed by atoms with Crippen LogP contribution in [0.15, 0.2) is 18.2 Å². The predicted molar refractivity (Wildman–Crippen MR) is 67.0 cm³/mol. The van der Waals surface area contributed by atoms with Gasteiger partial charge in [0.15, 0.2) is 5.78 Å². The highest BCUT2D eigenvalue weighted by atomic mass is 19.1. The Morgan fingerprint density at radius 3 is 2.84 bits per heavy atom. The zero-order valence-corrected chi connectivity index (χ0v) is 10.8. The molecule has 1 aromatic carbocycles. The lowest BCUT2D eigenvalue weighted by Gasteiger charge is -2.36. The number of nitrogens with zero attached hydrogens (tertiary/aromatic N) is 1. The number of halogens is 2. The van der Waals surface area contributed by atoms with Crippen LogP contribution in [0, 0.1) is 11.6 Å². The first kappa shape index (κ1) is 14.1. The predicted octanol–water partition coefficient (Wildman–Crippen LogP) is 1.99. The summed E-state index contributed by atoms with van der Waals surface area (Å²) in [5.41, 5.74) is -0.911. The van der Waals surface area contributed by atoms with Gasteiger partial charge >= 0.3 is 0 Å². The van der Waals surface area contributed by atoms with E-state index in [0.29, 0.717) is 25.6 Å². The number of rotatable bonds is 3. The fourth-order valence-electron chi connectivity index (χ4n) is 2.46. The smallest absolute Gasteiger partial charge is 0.179 e. The summed E-state index contributed by atoms with van der Waals surface area (Å²) < 4.78 is 26.3. The molecule has 1 unspecified atom stereocenters. The van der Waals surface area contributed by atoms with Crippen molar-refractivity contribution in [2.75, 3.05) is 19.6 Å². The largest absolute Gasteiger partial charge is 0.389 e. The van der Waals surface area contributed by atoms with Gasteiger partial charge in [-0.3, -0.25) is 9.69 Å². The van der Waals surface area contributed by atoms with Crippen LogP contribution in [0.2, 0.25) is 0 Å². The first-order valence-corrected chi connectivity index (χ1v) is 6.30. The van der Waals surface area contributed by atoms with Gasteiger partial charge in [0.2, 0.25) is 0 Å². The molecule has 0 radical (unpaired) electrons. The van der Waals surface area contributed by atoms with Crippen LogP contribution in [0.4, 0.5) is 8.78 Å². The highest BCUT2D eigenvalue weighted by Gasteiger charge is 2.29. The molecule has 1 N–H and O–H groups in total. The Balaban J connectivity index is 2.04. The molecule has 5 heteroatoms. The van der Waals surface area contributed by atoms with E-state index in [-0.39, 0.29) is 12.1 Å². The highest BCUT2D eigenvalue weighted by Crippen LogP contribution is 2.20. The average Bonchev–Trinajstić information content (AvgIpc) is 2.27. The minimum absolute atomic E-state index is 0.0404.